The van der Waals surface area contributed by atoms with E-state index in [0.29, 0.717) is 32.0 Å². The summed E-state index contributed by atoms with van der Waals surface area (Å²) in [6.45, 7) is 12.8. The van der Waals surface area contributed by atoms with E-state index in [2.05, 4.69) is 30.5 Å². The van der Waals surface area contributed by atoms with Crippen molar-refractivity contribution in [3.8, 4) is 0 Å². The molecule has 1 atom stereocenters. The molecule has 7 heteroatoms. The second-order valence-electron chi connectivity index (χ2n) is 7.82. The second kappa shape index (κ2) is 8.69. The van der Waals surface area contributed by atoms with Crippen LogP contribution in [0, 0.1) is 5.92 Å². The van der Waals surface area contributed by atoms with Crippen molar-refractivity contribution < 1.29 is 14.1 Å². The minimum Gasteiger partial charge on any atom is -0.361 e. The van der Waals surface area contributed by atoms with Crippen LogP contribution in [0.3, 0.4) is 0 Å². The van der Waals surface area contributed by atoms with E-state index in [-0.39, 0.29) is 17.7 Å². The maximum absolute atomic E-state index is 12.9. The zero-order chi connectivity index (χ0) is 19.4. The monoisotopic (exact) mass is 374 g/mol. The highest BCUT2D eigenvalue weighted by atomic mass is 16.5. The van der Waals surface area contributed by atoms with Gasteiger partial charge in [-0.25, -0.2) is 0 Å². The minimum atomic E-state index is -0.215. The van der Waals surface area contributed by atoms with Crippen LogP contribution in [0.25, 0.3) is 0 Å². The van der Waals surface area contributed by atoms with E-state index in [1.54, 1.807) is 11.0 Å². The zero-order valence-electron chi connectivity index (χ0n) is 16.4. The Morgan fingerprint density at radius 3 is 2.89 bits per heavy atom. The summed E-state index contributed by atoms with van der Waals surface area (Å²) in [6.07, 6.45) is 2.96. The molecule has 0 N–H and O–H groups in total. The predicted molar refractivity (Wildman–Crippen MR) is 102 cm³/mol. The standard InChI is InChI=1S/C20H30N4O3/c1-4-6-24-13-16(11-19(24)25)20(26)23-8-5-7-22(9-10-23)14-17-12-18(15(2)3)27-21-17/h4,12,15-16H,1,5-11,13-14H2,2-3H3. The molecule has 27 heavy (non-hydrogen) atoms. The summed E-state index contributed by atoms with van der Waals surface area (Å²) in [5.41, 5.74) is 0.944. The fraction of sp³-hybridized carbons (Fsp3) is 0.650. The van der Waals surface area contributed by atoms with E-state index in [4.69, 9.17) is 4.52 Å². The minimum absolute atomic E-state index is 0.0525. The number of hydrogen-bond acceptors (Lipinski definition) is 5. The van der Waals surface area contributed by atoms with Crippen LogP contribution in [-0.2, 0) is 16.1 Å². The summed E-state index contributed by atoms with van der Waals surface area (Å²) < 4.78 is 5.38. The third kappa shape index (κ3) is 4.77. The van der Waals surface area contributed by atoms with Gasteiger partial charge in [0.25, 0.3) is 0 Å². The van der Waals surface area contributed by atoms with Crippen LogP contribution in [0.2, 0.25) is 0 Å². The van der Waals surface area contributed by atoms with Crippen molar-refractivity contribution in [3.63, 3.8) is 0 Å². The van der Waals surface area contributed by atoms with Gasteiger partial charge in [0.1, 0.15) is 5.76 Å². The van der Waals surface area contributed by atoms with E-state index in [1.807, 2.05) is 11.0 Å². The van der Waals surface area contributed by atoms with Crippen LogP contribution in [-0.4, -0.2) is 70.9 Å². The molecule has 2 aliphatic rings. The largest absolute Gasteiger partial charge is 0.361 e. The molecule has 148 valence electrons. The number of nitrogens with zero attached hydrogens (tertiary/aromatic N) is 4. The van der Waals surface area contributed by atoms with Gasteiger partial charge in [-0.3, -0.25) is 14.5 Å². The maximum Gasteiger partial charge on any atom is 0.228 e. The van der Waals surface area contributed by atoms with E-state index in [0.717, 1.165) is 44.1 Å². The van der Waals surface area contributed by atoms with Gasteiger partial charge in [0.05, 0.1) is 11.6 Å². The number of carbonyl (C=O) groups excluding carboxylic acids is 2. The molecule has 3 heterocycles. The first kappa shape index (κ1) is 19.6. The topological polar surface area (TPSA) is 69.9 Å². The number of carbonyl (C=O) groups is 2. The average Bonchev–Trinajstić information content (AvgIpc) is 3.17. The van der Waals surface area contributed by atoms with Crippen molar-refractivity contribution in [3.05, 3.63) is 30.2 Å². The van der Waals surface area contributed by atoms with Gasteiger partial charge in [-0.05, 0) is 6.42 Å². The Bertz CT molecular complexity index is 685. The molecule has 0 aliphatic carbocycles. The van der Waals surface area contributed by atoms with Crippen molar-refractivity contribution in [2.75, 3.05) is 39.3 Å². The number of likely N-dealkylation sites (tertiary alicyclic amines) is 1. The van der Waals surface area contributed by atoms with Crippen molar-refractivity contribution >= 4 is 11.8 Å². The van der Waals surface area contributed by atoms with E-state index in [9.17, 15) is 9.59 Å². The molecular weight excluding hydrogens is 344 g/mol. The van der Waals surface area contributed by atoms with E-state index in [1.165, 1.54) is 0 Å². The molecule has 0 spiro atoms. The SMILES string of the molecule is C=CCN1CC(C(=O)N2CCCN(Cc3cc(C(C)C)on3)CC2)CC1=O. The average molecular weight is 374 g/mol. The number of amides is 2. The quantitative estimate of drug-likeness (QED) is 0.711. The van der Waals surface area contributed by atoms with Crippen LogP contribution < -0.4 is 0 Å². The van der Waals surface area contributed by atoms with Gasteiger partial charge in [0.15, 0.2) is 0 Å². The Balaban J connectivity index is 1.52. The van der Waals surface area contributed by atoms with Crippen LogP contribution in [0.5, 0.6) is 0 Å². The smallest absolute Gasteiger partial charge is 0.228 e. The third-order valence-electron chi connectivity index (χ3n) is 5.35. The van der Waals surface area contributed by atoms with E-state index < -0.39 is 0 Å². The Morgan fingerprint density at radius 1 is 1.37 bits per heavy atom. The summed E-state index contributed by atoms with van der Waals surface area (Å²) in [4.78, 5) is 30.9. The lowest BCUT2D eigenvalue weighted by Gasteiger charge is -2.24. The lowest BCUT2D eigenvalue weighted by Crippen LogP contribution is -2.39. The molecule has 0 radical (unpaired) electrons. The van der Waals surface area contributed by atoms with Gasteiger partial charge < -0.3 is 14.3 Å². The molecular formula is C20H30N4O3. The summed E-state index contributed by atoms with van der Waals surface area (Å²) in [5, 5.41) is 4.17. The number of rotatable bonds is 6. The number of hydrogen-bond donors (Lipinski definition) is 0. The lowest BCUT2D eigenvalue weighted by atomic mass is 10.1. The van der Waals surface area contributed by atoms with Crippen molar-refractivity contribution in [2.24, 2.45) is 5.92 Å². The Labute approximate surface area is 161 Å². The molecule has 1 aromatic heterocycles. The predicted octanol–water partition coefficient (Wildman–Crippen LogP) is 1.87. The highest BCUT2D eigenvalue weighted by Crippen LogP contribution is 2.21. The van der Waals surface area contributed by atoms with Gasteiger partial charge in [0.2, 0.25) is 11.8 Å². The number of aromatic nitrogens is 1. The fourth-order valence-electron chi connectivity index (χ4n) is 3.78. The van der Waals surface area contributed by atoms with Crippen LogP contribution >= 0.6 is 0 Å². The maximum atomic E-state index is 12.9. The first-order valence-electron chi connectivity index (χ1n) is 9.83. The lowest BCUT2D eigenvalue weighted by molar-refractivity contribution is -0.135. The molecule has 2 aliphatic heterocycles. The molecule has 3 rings (SSSR count). The molecule has 1 unspecified atom stereocenters. The van der Waals surface area contributed by atoms with Gasteiger partial charge in [0, 0.05) is 64.2 Å². The first-order valence-corrected chi connectivity index (χ1v) is 9.83. The van der Waals surface area contributed by atoms with Gasteiger partial charge >= 0.3 is 0 Å². The molecule has 2 amide bonds. The molecule has 0 aromatic carbocycles. The van der Waals surface area contributed by atoms with Gasteiger partial charge in [-0.1, -0.05) is 25.1 Å². The highest BCUT2D eigenvalue weighted by molar-refractivity contribution is 5.89. The fourth-order valence-corrected chi connectivity index (χ4v) is 3.78. The summed E-state index contributed by atoms with van der Waals surface area (Å²) in [6, 6.07) is 2.02. The summed E-state index contributed by atoms with van der Waals surface area (Å²) >= 11 is 0. The van der Waals surface area contributed by atoms with Gasteiger partial charge in [-0.2, -0.15) is 0 Å². The first-order chi connectivity index (χ1) is 13.0. The zero-order valence-corrected chi connectivity index (χ0v) is 16.4. The van der Waals surface area contributed by atoms with Crippen LogP contribution in [0.1, 0.15) is 44.1 Å². The van der Waals surface area contributed by atoms with Crippen LogP contribution in [0.4, 0.5) is 0 Å². The van der Waals surface area contributed by atoms with Crippen molar-refractivity contribution in [1.29, 1.82) is 0 Å². The van der Waals surface area contributed by atoms with Crippen molar-refractivity contribution in [1.82, 2.24) is 19.9 Å². The van der Waals surface area contributed by atoms with Gasteiger partial charge in [-0.15, -0.1) is 6.58 Å². The Kier molecular flexibility index (Phi) is 6.31. The molecule has 2 fully saturated rings. The highest BCUT2D eigenvalue weighted by Gasteiger charge is 2.36. The summed E-state index contributed by atoms with van der Waals surface area (Å²) in [5.74, 6) is 1.19. The Hall–Kier alpha value is -2.15. The molecule has 0 bridgehead atoms. The normalized spacial score (nSPS) is 21.7. The molecule has 0 saturated carbocycles. The third-order valence-corrected chi connectivity index (χ3v) is 5.35. The van der Waals surface area contributed by atoms with E-state index >= 15 is 0 Å². The van der Waals surface area contributed by atoms with Crippen LogP contribution in [0.15, 0.2) is 23.2 Å². The Morgan fingerprint density at radius 2 is 2.19 bits per heavy atom. The van der Waals surface area contributed by atoms with Crippen molar-refractivity contribution in [2.45, 2.75) is 39.2 Å². The molecule has 2 saturated heterocycles. The second-order valence-corrected chi connectivity index (χ2v) is 7.82. The summed E-state index contributed by atoms with van der Waals surface area (Å²) in [7, 11) is 0. The molecule has 7 nitrogen and oxygen atoms in total. The molecule has 1 aromatic rings.